The first kappa shape index (κ1) is 11.8. The molecule has 3 nitrogen and oxygen atoms in total. The summed E-state index contributed by atoms with van der Waals surface area (Å²) in [4.78, 5) is 11.2. The number of ether oxygens (including phenoxy) is 2. The predicted molar refractivity (Wildman–Crippen MR) is 54.0 cm³/mol. The Hall–Kier alpha value is -1.29. The van der Waals surface area contributed by atoms with Gasteiger partial charge in [-0.1, -0.05) is 0 Å². The number of alkyl halides is 1. The van der Waals surface area contributed by atoms with Gasteiger partial charge in [0, 0.05) is 0 Å². The van der Waals surface area contributed by atoms with Crippen molar-refractivity contribution in [2.45, 2.75) is 0 Å². The Balaban J connectivity index is 2.97. The van der Waals surface area contributed by atoms with E-state index in [-0.39, 0.29) is 23.8 Å². The van der Waals surface area contributed by atoms with Gasteiger partial charge in [-0.25, -0.2) is 9.18 Å². The molecule has 0 amide bonds. The molecule has 0 spiro atoms. The van der Waals surface area contributed by atoms with Gasteiger partial charge in [0.05, 0.1) is 13.0 Å². The molecule has 0 saturated carbocycles. The van der Waals surface area contributed by atoms with Crippen LogP contribution in [-0.4, -0.2) is 25.6 Å². The standard InChI is InChI=1S/C10H10ClFO3/c1-14-10(13)8-6-7(12)2-3-9(8)15-5-4-11/h2-3,6H,4-5H2,1H3. The summed E-state index contributed by atoms with van der Waals surface area (Å²) in [7, 11) is 1.22. The van der Waals surface area contributed by atoms with Crippen LogP contribution < -0.4 is 4.74 Å². The second-order valence-corrected chi connectivity index (χ2v) is 3.05. The van der Waals surface area contributed by atoms with Crippen LogP contribution in [0.5, 0.6) is 5.75 Å². The summed E-state index contributed by atoms with van der Waals surface area (Å²) in [5.74, 6) is -0.602. The second kappa shape index (κ2) is 5.56. The number of esters is 1. The smallest absolute Gasteiger partial charge is 0.341 e. The van der Waals surface area contributed by atoms with Crippen molar-refractivity contribution >= 4 is 17.6 Å². The Bertz CT molecular complexity index is 355. The Morgan fingerprint density at radius 3 is 2.87 bits per heavy atom. The first-order chi connectivity index (χ1) is 7.19. The molecule has 0 atom stereocenters. The van der Waals surface area contributed by atoms with Gasteiger partial charge in [0.1, 0.15) is 23.7 Å². The fraction of sp³-hybridized carbons (Fsp3) is 0.300. The minimum atomic E-state index is -0.640. The third kappa shape index (κ3) is 3.09. The fourth-order valence-corrected chi connectivity index (χ4v) is 1.12. The van der Waals surface area contributed by atoms with Crippen molar-refractivity contribution in [1.82, 2.24) is 0 Å². The number of hydrogen-bond acceptors (Lipinski definition) is 3. The molecule has 0 N–H and O–H groups in total. The van der Waals surface area contributed by atoms with Crippen molar-refractivity contribution in [1.29, 1.82) is 0 Å². The van der Waals surface area contributed by atoms with Crippen LogP contribution in [0.1, 0.15) is 10.4 Å². The minimum Gasteiger partial charge on any atom is -0.491 e. The van der Waals surface area contributed by atoms with Crippen LogP contribution in [0.3, 0.4) is 0 Å². The molecule has 1 rings (SSSR count). The zero-order valence-corrected chi connectivity index (χ0v) is 8.88. The SMILES string of the molecule is COC(=O)c1cc(F)ccc1OCCCl. The molecule has 0 heterocycles. The average molecular weight is 233 g/mol. The molecule has 0 bridgehead atoms. The maximum Gasteiger partial charge on any atom is 0.341 e. The van der Waals surface area contributed by atoms with E-state index >= 15 is 0 Å². The molecule has 0 radical (unpaired) electrons. The first-order valence-electron chi connectivity index (χ1n) is 4.25. The van der Waals surface area contributed by atoms with E-state index < -0.39 is 11.8 Å². The van der Waals surface area contributed by atoms with E-state index in [0.29, 0.717) is 0 Å². The Kier molecular flexibility index (Phi) is 4.37. The quantitative estimate of drug-likeness (QED) is 0.590. The van der Waals surface area contributed by atoms with E-state index in [0.717, 1.165) is 6.07 Å². The maximum absolute atomic E-state index is 12.9. The summed E-state index contributed by atoms with van der Waals surface area (Å²) in [5.41, 5.74) is 0.0580. The summed E-state index contributed by atoms with van der Waals surface area (Å²) in [5, 5.41) is 0. The van der Waals surface area contributed by atoms with E-state index in [2.05, 4.69) is 4.74 Å². The first-order valence-corrected chi connectivity index (χ1v) is 4.79. The van der Waals surface area contributed by atoms with E-state index in [1.165, 1.54) is 19.2 Å². The lowest BCUT2D eigenvalue weighted by Gasteiger charge is -2.08. The molecule has 0 fully saturated rings. The maximum atomic E-state index is 12.9. The lowest BCUT2D eigenvalue weighted by molar-refractivity contribution is 0.0595. The summed E-state index contributed by atoms with van der Waals surface area (Å²) in [6.07, 6.45) is 0. The Morgan fingerprint density at radius 2 is 2.27 bits per heavy atom. The normalized spacial score (nSPS) is 9.80. The van der Waals surface area contributed by atoms with Gasteiger partial charge in [-0.2, -0.15) is 0 Å². The van der Waals surface area contributed by atoms with Crippen LogP contribution in [0.4, 0.5) is 4.39 Å². The van der Waals surface area contributed by atoms with Crippen LogP contribution in [0.25, 0.3) is 0 Å². The Labute approximate surface area is 91.7 Å². The third-order valence-corrected chi connectivity index (χ3v) is 1.84. The van der Waals surface area contributed by atoms with Crippen LogP contribution in [0.2, 0.25) is 0 Å². The van der Waals surface area contributed by atoms with Gasteiger partial charge in [-0.05, 0) is 18.2 Å². The van der Waals surface area contributed by atoms with Crippen molar-refractivity contribution in [3.8, 4) is 5.75 Å². The molecule has 0 unspecified atom stereocenters. The third-order valence-electron chi connectivity index (χ3n) is 1.68. The zero-order valence-electron chi connectivity index (χ0n) is 8.13. The van der Waals surface area contributed by atoms with Crippen molar-refractivity contribution in [2.75, 3.05) is 19.6 Å². The number of carbonyl (C=O) groups excluding carboxylic acids is 1. The number of rotatable bonds is 4. The zero-order chi connectivity index (χ0) is 11.3. The van der Waals surface area contributed by atoms with Gasteiger partial charge in [-0.15, -0.1) is 11.6 Å². The molecule has 1 aromatic rings. The van der Waals surface area contributed by atoms with E-state index in [1.54, 1.807) is 0 Å². The van der Waals surface area contributed by atoms with Crippen molar-refractivity contribution in [3.63, 3.8) is 0 Å². The van der Waals surface area contributed by atoms with Crippen molar-refractivity contribution in [2.24, 2.45) is 0 Å². The second-order valence-electron chi connectivity index (χ2n) is 2.67. The summed E-state index contributed by atoms with van der Waals surface area (Å²) >= 11 is 5.43. The van der Waals surface area contributed by atoms with Crippen LogP contribution in [0, 0.1) is 5.82 Å². The average Bonchev–Trinajstić information content (AvgIpc) is 2.26. The topological polar surface area (TPSA) is 35.5 Å². The lowest BCUT2D eigenvalue weighted by atomic mass is 10.2. The largest absolute Gasteiger partial charge is 0.491 e. The molecular weight excluding hydrogens is 223 g/mol. The van der Waals surface area contributed by atoms with Gasteiger partial charge in [0.25, 0.3) is 0 Å². The van der Waals surface area contributed by atoms with Crippen molar-refractivity contribution < 1.29 is 18.7 Å². The highest BCUT2D eigenvalue weighted by Gasteiger charge is 2.13. The highest BCUT2D eigenvalue weighted by atomic mass is 35.5. The van der Waals surface area contributed by atoms with Crippen LogP contribution >= 0.6 is 11.6 Å². The van der Waals surface area contributed by atoms with Gasteiger partial charge >= 0.3 is 5.97 Å². The molecule has 0 aliphatic heterocycles. The molecule has 0 saturated heterocycles. The molecule has 5 heteroatoms. The van der Waals surface area contributed by atoms with Gasteiger partial charge in [0.15, 0.2) is 0 Å². The highest BCUT2D eigenvalue weighted by molar-refractivity contribution is 6.18. The number of benzene rings is 1. The number of carbonyl (C=O) groups is 1. The molecule has 0 aromatic heterocycles. The number of methoxy groups -OCH3 is 1. The van der Waals surface area contributed by atoms with Crippen LogP contribution in [-0.2, 0) is 4.74 Å². The number of hydrogen-bond donors (Lipinski definition) is 0. The van der Waals surface area contributed by atoms with E-state index in [1.807, 2.05) is 0 Å². The summed E-state index contributed by atoms with van der Waals surface area (Å²) in [6.45, 7) is 0.247. The lowest BCUT2D eigenvalue weighted by Crippen LogP contribution is -2.07. The molecule has 82 valence electrons. The summed E-state index contributed by atoms with van der Waals surface area (Å²) in [6, 6.07) is 3.64. The molecule has 1 aromatic carbocycles. The molecule has 0 aliphatic carbocycles. The highest BCUT2D eigenvalue weighted by Crippen LogP contribution is 2.20. The monoisotopic (exact) mass is 232 g/mol. The van der Waals surface area contributed by atoms with Gasteiger partial charge < -0.3 is 9.47 Å². The minimum absolute atomic E-state index is 0.0580. The van der Waals surface area contributed by atoms with Crippen LogP contribution in [0.15, 0.2) is 18.2 Å². The van der Waals surface area contributed by atoms with Gasteiger partial charge in [0.2, 0.25) is 0 Å². The Morgan fingerprint density at radius 1 is 1.53 bits per heavy atom. The molecule has 0 aliphatic rings. The number of halogens is 2. The molecule has 15 heavy (non-hydrogen) atoms. The van der Waals surface area contributed by atoms with E-state index in [4.69, 9.17) is 16.3 Å². The fourth-order valence-electron chi connectivity index (χ4n) is 1.05. The summed E-state index contributed by atoms with van der Waals surface area (Å²) < 4.78 is 22.5. The predicted octanol–water partition coefficient (Wildman–Crippen LogP) is 2.23. The van der Waals surface area contributed by atoms with E-state index in [9.17, 15) is 9.18 Å². The van der Waals surface area contributed by atoms with Gasteiger partial charge in [-0.3, -0.25) is 0 Å². The van der Waals surface area contributed by atoms with Crippen molar-refractivity contribution in [3.05, 3.63) is 29.6 Å². The molecular formula is C10H10ClFO3.